The molecule has 3 rings (SSSR count). The van der Waals surface area contributed by atoms with Crippen LogP contribution in [-0.2, 0) is 9.59 Å². The summed E-state index contributed by atoms with van der Waals surface area (Å²) >= 11 is 0. The smallest absolute Gasteiger partial charge is 0.227 e. The van der Waals surface area contributed by atoms with E-state index in [1.54, 1.807) is 12.0 Å². The lowest BCUT2D eigenvalue weighted by atomic mass is 9.80. The molecule has 0 unspecified atom stereocenters. The fourth-order valence-corrected chi connectivity index (χ4v) is 4.36. The molecule has 1 aromatic rings. The van der Waals surface area contributed by atoms with Crippen LogP contribution in [0.4, 0.5) is 5.69 Å². The normalized spacial score (nSPS) is 22.1. The highest BCUT2D eigenvalue weighted by Gasteiger charge is 2.38. The van der Waals surface area contributed by atoms with Crippen LogP contribution in [0.2, 0.25) is 0 Å². The van der Waals surface area contributed by atoms with Crippen molar-refractivity contribution in [2.24, 2.45) is 5.92 Å². The Morgan fingerprint density at radius 1 is 1.26 bits per heavy atom. The van der Waals surface area contributed by atoms with Gasteiger partial charge in [0.25, 0.3) is 0 Å². The van der Waals surface area contributed by atoms with Crippen LogP contribution in [0.5, 0.6) is 5.75 Å². The highest BCUT2D eigenvalue weighted by molar-refractivity contribution is 6.01. The van der Waals surface area contributed by atoms with E-state index in [1.807, 2.05) is 24.3 Å². The van der Waals surface area contributed by atoms with Gasteiger partial charge in [-0.1, -0.05) is 31.4 Å². The first-order valence-electron chi connectivity index (χ1n) is 9.85. The monoisotopic (exact) mass is 373 g/mol. The molecule has 1 heterocycles. The van der Waals surface area contributed by atoms with E-state index in [1.165, 1.54) is 19.3 Å². The summed E-state index contributed by atoms with van der Waals surface area (Å²) in [6.07, 6.45) is 6.15. The summed E-state index contributed by atoms with van der Waals surface area (Å²) in [7, 11) is 5.79. The lowest BCUT2D eigenvalue weighted by molar-refractivity contribution is -0.127. The van der Waals surface area contributed by atoms with Gasteiger partial charge in [-0.2, -0.15) is 0 Å². The molecule has 148 valence electrons. The zero-order valence-electron chi connectivity index (χ0n) is 16.7. The van der Waals surface area contributed by atoms with Crippen molar-refractivity contribution in [3.8, 4) is 5.75 Å². The summed E-state index contributed by atoms with van der Waals surface area (Å²) in [6, 6.07) is 7.44. The van der Waals surface area contributed by atoms with E-state index >= 15 is 0 Å². The van der Waals surface area contributed by atoms with E-state index < -0.39 is 0 Å². The van der Waals surface area contributed by atoms with Gasteiger partial charge in [-0.3, -0.25) is 9.59 Å². The third kappa shape index (κ3) is 4.10. The van der Waals surface area contributed by atoms with Gasteiger partial charge in [-0.25, -0.2) is 0 Å². The zero-order valence-corrected chi connectivity index (χ0v) is 16.7. The molecule has 6 heteroatoms. The first kappa shape index (κ1) is 19.7. The maximum atomic E-state index is 12.8. The average molecular weight is 373 g/mol. The fourth-order valence-electron chi connectivity index (χ4n) is 4.36. The second-order valence-corrected chi connectivity index (χ2v) is 7.97. The fraction of sp³-hybridized carbons (Fsp3) is 0.619. The summed E-state index contributed by atoms with van der Waals surface area (Å²) < 4.78 is 5.37. The van der Waals surface area contributed by atoms with Crippen LogP contribution in [0.15, 0.2) is 24.3 Å². The van der Waals surface area contributed by atoms with Crippen LogP contribution in [0.1, 0.15) is 38.5 Å². The van der Waals surface area contributed by atoms with Crippen LogP contribution in [0, 0.1) is 5.92 Å². The number of anilines is 1. The largest absolute Gasteiger partial charge is 0.495 e. The number of benzene rings is 1. The number of methoxy groups -OCH3 is 1. The van der Waals surface area contributed by atoms with E-state index in [-0.39, 0.29) is 29.7 Å². The van der Waals surface area contributed by atoms with Gasteiger partial charge in [0.2, 0.25) is 11.8 Å². The predicted molar refractivity (Wildman–Crippen MR) is 106 cm³/mol. The molecule has 0 bridgehead atoms. The lowest BCUT2D eigenvalue weighted by Gasteiger charge is -2.43. The number of carbonyl (C=O) groups excluding carboxylic acids is 2. The average Bonchev–Trinajstić information content (AvgIpc) is 3.08. The molecule has 0 radical (unpaired) electrons. The number of para-hydroxylation sites is 2. The number of rotatable bonds is 6. The second kappa shape index (κ2) is 8.30. The van der Waals surface area contributed by atoms with Crippen molar-refractivity contribution >= 4 is 17.5 Å². The number of amides is 2. The predicted octanol–water partition coefficient (Wildman–Crippen LogP) is 2.43. The molecule has 2 aliphatic rings. The van der Waals surface area contributed by atoms with E-state index in [0.29, 0.717) is 18.8 Å². The Kier molecular flexibility index (Phi) is 6.05. The quantitative estimate of drug-likeness (QED) is 0.832. The van der Waals surface area contributed by atoms with E-state index in [2.05, 4.69) is 24.3 Å². The molecule has 0 spiro atoms. The Hall–Kier alpha value is -2.08. The Labute approximate surface area is 161 Å². The minimum Gasteiger partial charge on any atom is -0.495 e. The summed E-state index contributed by atoms with van der Waals surface area (Å²) in [5.41, 5.74) is 0.774. The van der Waals surface area contributed by atoms with Gasteiger partial charge in [0.05, 0.1) is 18.7 Å². The van der Waals surface area contributed by atoms with Crippen LogP contribution in [0.3, 0.4) is 0 Å². The van der Waals surface area contributed by atoms with Gasteiger partial charge in [0.15, 0.2) is 0 Å². The molecule has 1 atom stereocenters. The Balaban J connectivity index is 1.64. The Morgan fingerprint density at radius 3 is 2.63 bits per heavy atom. The zero-order chi connectivity index (χ0) is 19.4. The molecule has 1 saturated carbocycles. The van der Waals surface area contributed by atoms with E-state index in [0.717, 1.165) is 18.5 Å². The number of nitrogens with one attached hydrogen (secondary N) is 1. The molecule has 27 heavy (non-hydrogen) atoms. The van der Waals surface area contributed by atoms with Gasteiger partial charge in [0.1, 0.15) is 5.75 Å². The van der Waals surface area contributed by atoms with Gasteiger partial charge in [0, 0.05) is 25.0 Å². The number of hydrogen-bond donors (Lipinski definition) is 1. The first-order chi connectivity index (χ1) is 13.0. The summed E-state index contributed by atoms with van der Waals surface area (Å²) in [5, 5.41) is 3.15. The van der Waals surface area contributed by atoms with Gasteiger partial charge >= 0.3 is 0 Å². The lowest BCUT2D eigenvalue weighted by Crippen LogP contribution is -2.54. The van der Waals surface area contributed by atoms with Crippen molar-refractivity contribution < 1.29 is 14.3 Å². The van der Waals surface area contributed by atoms with Crippen molar-refractivity contribution in [1.29, 1.82) is 0 Å². The summed E-state index contributed by atoms with van der Waals surface area (Å²) in [5.74, 6) is 0.290. The molecule has 1 saturated heterocycles. The summed E-state index contributed by atoms with van der Waals surface area (Å²) in [6.45, 7) is 1.05. The minimum absolute atomic E-state index is 0.0208. The second-order valence-electron chi connectivity index (χ2n) is 7.97. The highest BCUT2D eigenvalue weighted by Crippen LogP contribution is 2.34. The molecule has 1 aliphatic heterocycles. The standard InChI is InChI=1S/C21H31N3O3/c1-23(2)21(11-7-4-8-12-21)15-22-20(26)16-13-19(25)24(14-16)17-9-5-6-10-18(17)27-3/h5-6,9-10,16H,4,7-8,11-15H2,1-3H3,(H,22,26)/t16-/m1/s1. The Bertz CT molecular complexity index is 683. The number of nitrogens with zero attached hydrogens (tertiary/aromatic N) is 2. The van der Waals surface area contributed by atoms with Crippen molar-refractivity contribution in [3.05, 3.63) is 24.3 Å². The van der Waals surface area contributed by atoms with E-state index in [9.17, 15) is 9.59 Å². The van der Waals surface area contributed by atoms with Crippen LogP contribution < -0.4 is 15.0 Å². The van der Waals surface area contributed by atoms with Crippen molar-refractivity contribution in [3.63, 3.8) is 0 Å². The third-order valence-electron chi connectivity index (χ3n) is 6.20. The Morgan fingerprint density at radius 2 is 1.96 bits per heavy atom. The molecule has 1 N–H and O–H groups in total. The van der Waals surface area contributed by atoms with Crippen molar-refractivity contribution in [1.82, 2.24) is 10.2 Å². The molecule has 2 amide bonds. The van der Waals surface area contributed by atoms with Gasteiger partial charge in [-0.15, -0.1) is 0 Å². The molecule has 1 aromatic carbocycles. The minimum atomic E-state index is -0.315. The number of carbonyl (C=O) groups is 2. The maximum Gasteiger partial charge on any atom is 0.227 e. The SMILES string of the molecule is COc1ccccc1N1C[C@H](C(=O)NCC2(N(C)C)CCCCC2)CC1=O. The molecular weight excluding hydrogens is 342 g/mol. The molecule has 2 fully saturated rings. The molecule has 6 nitrogen and oxygen atoms in total. The van der Waals surface area contributed by atoms with Gasteiger partial charge in [-0.05, 0) is 39.1 Å². The highest BCUT2D eigenvalue weighted by atomic mass is 16.5. The number of hydrogen-bond acceptors (Lipinski definition) is 4. The molecular formula is C21H31N3O3. The number of ether oxygens (including phenoxy) is 1. The molecule has 0 aromatic heterocycles. The first-order valence-corrected chi connectivity index (χ1v) is 9.85. The third-order valence-corrected chi connectivity index (χ3v) is 6.20. The molecule has 1 aliphatic carbocycles. The van der Waals surface area contributed by atoms with E-state index in [4.69, 9.17) is 4.74 Å². The maximum absolute atomic E-state index is 12.8. The van der Waals surface area contributed by atoms with Crippen LogP contribution >= 0.6 is 0 Å². The van der Waals surface area contributed by atoms with Crippen molar-refractivity contribution in [2.45, 2.75) is 44.1 Å². The van der Waals surface area contributed by atoms with Crippen LogP contribution in [-0.4, -0.2) is 56.5 Å². The van der Waals surface area contributed by atoms with Crippen LogP contribution in [0.25, 0.3) is 0 Å². The number of likely N-dealkylation sites (N-methyl/N-ethyl adjacent to an activating group) is 1. The summed E-state index contributed by atoms with van der Waals surface area (Å²) in [4.78, 5) is 29.2. The van der Waals surface area contributed by atoms with Gasteiger partial charge < -0.3 is 19.9 Å². The topological polar surface area (TPSA) is 61.9 Å². The van der Waals surface area contributed by atoms with Crippen molar-refractivity contribution in [2.75, 3.05) is 39.2 Å².